The van der Waals surface area contributed by atoms with Crippen LogP contribution in [0.1, 0.15) is 29.9 Å². The van der Waals surface area contributed by atoms with E-state index in [1.165, 1.54) is 0 Å². The lowest BCUT2D eigenvalue weighted by Crippen LogP contribution is -2.26. The first kappa shape index (κ1) is 13.0. The summed E-state index contributed by atoms with van der Waals surface area (Å²) in [6.45, 7) is 0. The molecule has 3 unspecified atom stereocenters. The lowest BCUT2D eigenvalue weighted by Gasteiger charge is -2.28. The molecule has 0 radical (unpaired) electrons. The van der Waals surface area contributed by atoms with Gasteiger partial charge >= 0.3 is 11.9 Å². The Labute approximate surface area is 116 Å². The van der Waals surface area contributed by atoms with E-state index in [0.29, 0.717) is 0 Å². The maximum Gasteiger partial charge on any atom is 0.310 e. The second-order valence-corrected chi connectivity index (χ2v) is 5.31. The van der Waals surface area contributed by atoms with Crippen LogP contribution in [0.4, 0.5) is 0 Å². The molecular formula is C15H16O5. The summed E-state index contributed by atoms with van der Waals surface area (Å²) in [5.74, 6) is -1.29. The van der Waals surface area contributed by atoms with Crippen molar-refractivity contribution < 1.29 is 24.2 Å². The standard InChI is InChI=1S/C15H16O5/c1-19-9-3-4-10-8(6-9)2-5-12-14(10)11(7-13(16)17)15(18)20-12/h3-4,6,11-12,14H,2,5,7H2,1H3,(H,16,17). The quantitative estimate of drug-likeness (QED) is 0.851. The van der Waals surface area contributed by atoms with Crippen LogP contribution < -0.4 is 4.74 Å². The molecule has 3 rings (SSSR count). The largest absolute Gasteiger partial charge is 0.497 e. The van der Waals surface area contributed by atoms with Crippen LogP contribution in [0, 0.1) is 5.92 Å². The van der Waals surface area contributed by atoms with Crippen LogP contribution in [-0.4, -0.2) is 30.3 Å². The maximum atomic E-state index is 11.9. The number of ether oxygens (including phenoxy) is 2. The van der Waals surface area contributed by atoms with Crippen molar-refractivity contribution in [2.45, 2.75) is 31.3 Å². The van der Waals surface area contributed by atoms with Crippen LogP contribution in [0.25, 0.3) is 0 Å². The van der Waals surface area contributed by atoms with Gasteiger partial charge in [0.05, 0.1) is 19.4 Å². The fraction of sp³-hybridized carbons (Fsp3) is 0.467. The molecule has 106 valence electrons. The first-order valence-corrected chi connectivity index (χ1v) is 6.69. The van der Waals surface area contributed by atoms with Gasteiger partial charge in [-0.15, -0.1) is 0 Å². The number of aliphatic carboxylic acids is 1. The molecule has 1 heterocycles. The second kappa shape index (κ2) is 4.81. The summed E-state index contributed by atoms with van der Waals surface area (Å²) >= 11 is 0. The van der Waals surface area contributed by atoms with E-state index in [1.807, 2.05) is 18.2 Å². The number of hydrogen-bond donors (Lipinski definition) is 1. The molecule has 5 nitrogen and oxygen atoms in total. The molecule has 1 fully saturated rings. The third kappa shape index (κ3) is 2.03. The van der Waals surface area contributed by atoms with Crippen molar-refractivity contribution in [1.29, 1.82) is 0 Å². The molecule has 0 saturated carbocycles. The predicted molar refractivity (Wildman–Crippen MR) is 69.7 cm³/mol. The van der Waals surface area contributed by atoms with Gasteiger partial charge in [0.2, 0.25) is 0 Å². The van der Waals surface area contributed by atoms with Crippen LogP contribution >= 0.6 is 0 Å². The average Bonchev–Trinajstić information content (AvgIpc) is 2.74. The van der Waals surface area contributed by atoms with E-state index in [2.05, 4.69) is 0 Å². The Kier molecular flexibility index (Phi) is 3.12. The number of aryl methyl sites for hydroxylation is 1. The van der Waals surface area contributed by atoms with E-state index in [-0.39, 0.29) is 24.4 Å². The first-order valence-electron chi connectivity index (χ1n) is 6.69. The number of benzene rings is 1. The van der Waals surface area contributed by atoms with Gasteiger partial charge in [0, 0.05) is 5.92 Å². The number of rotatable bonds is 3. The number of carboxylic acid groups (broad SMARTS) is 1. The van der Waals surface area contributed by atoms with Crippen LogP contribution in [0.5, 0.6) is 5.75 Å². The van der Waals surface area contributed by atoms with Crippen molar-refractivity contribution in [3.8, 4) is 5.75 Å². The molecule has 2 aliphatic rings. The number of carbonyl (C=O) groups excluding carboxylic acids is 1. The zero-order chi connectivity index (χ0) is 14.3. The fourth-order valence-corrected chi connectivity index (χ4v) is 3.32. The van der Waals surface area contributed by atoms with Gasteiger partial charge in [-0.05, 0) is 36.1 Å². The van der Waals surface area contributed by atoms with Gasteiger partial charge in [0.1, 0.15) is 11.9 Å². The number of esters is 1. The van der Waals surface area contributed by atoms with Crippen molar-refractivity contribution in [2.75, 3.05) is 7.11 Å². The first-order chi connectivity index (χ1) is 9.60. The minimum atomic E-state index is -0.965. The molecule has 0 spiro atoms. The van der Waals surface area contributed by atoms with Gasteiger partial charge in [-0.1, -0.05) is 6.07 Å². The Balaban J connectivity index is 1.99. The number of hydrogen-bond acceptors (Lipinski definition) is 4. The van der Waals surface area contributed by atoms with Crippen LogP contribution in [-0.2, 0) is 20.7 Å². The van der Waals surface area contributed by atoms with Gasteiger partial charge in [-0.25, -0.2) is 0 Å². The smallest absolute Gasteiger partial charge is 0.310 e. The monoisotopic (exact) mass is 276 g/mol. The lowest BCUT2D eigenvalue weighted by atomic mass is 9.74. The summed E-state index contributed by atoms with van der Waals surface area (Å²) < 4.78 is 10.6. The van der Waals surface area contributed by atoms with Crippen molar-refractivity contribution in [3.05, 3.63) is 29.3 Å². The van der Waals surface area contributed by atoms with Gasteiger partial charge in [0.15, 0.2) is 0 Å². The molecule has 1 aromatic carbocycles. The topological polar surface area (TPSA) is 72.8 Å². The van der Waals surface area contributed by atoms with E-state index in [9.17, 15) is 9.59 Å². The van der Waals surface area contributed by atoms with Crippen molar-refractivity contribution in [2.24, 2.45) is 5.92 Å². The summed E-state index contributed by atoms with van der Waals surface area (Å²) in [6, 6.07) is 5.75. The summed E-state index contributed by atoms with van der Waals surface area (Å²) in [7, 11) is 1.61. The van der Waals surface area contributed by atoms with Gasteiger partial charge in [0.25, 0.3) is 0 Å². The second-order valence-electron chi connectivity index (χ2n) is 5.31. The zero-order valence-corrected chi connectivity index (χ0v) is 11.2. The zero-order valence-electron chi connectivity index (χ0n) is 11.2. The number of carboxylic acids is 1. The highest BCUT2D eigenvalue weighted by atomic mass is 16.6. The Bertz CT molecular complexity index is 565. The molecule has 1 N–H and O–H groups in total. The van der Waals surface area contributed by atoms with Crippen LogP contribution in [0.2, 0.25) is 0 Å². The highest BCUT2D eigenvalue weighted by Crippen LogP contribution is 2.45. The number of carbonyl (C=O) groups is 2. The average molecular weight is 276 g/mol. The van der Waals surface area contributed by atoms with Crippen LogP contribution in [0.3, 0.4) is 0 Å². The molecule has 0 aromatic heterocycles. The van der Waals surface area contributed by atoms with E-state index < -0.39 is 11.9 Å². The summed E-state index contributed by atoms with van der Waals surface area (Å²) in [6.07, 6.45) is 1.20. The molecule has 0 bridgehead atoms. The molecule has 1 aliphatic carbocycles. The van der Waals surface area contributed by atoms with E-state index in [4.69, 9.17) is 14.6 Å². The minimum Gasteiger partial charge on any atom is -0.497 e. The lowest BCUT2D eigenvalue weighted by molar-refractivity contribution is -0.148. The van der Waals surface area contributed by atoms with E-state index in [0.717, 1.165) is 29.7 Å². The fourth-order valence-electron chi connectivity index (χ4n) is 3.32. The van der Waals surface area contributed by atoms with E-state index >= 15 is 0 Å². The van der Waals surface area contributed by atoms with Gasteiger partial charge < -0.3 is 14.6 Å². The van der Waals surface area contributed by atoms with E-state index in [1.54, 1.807) is 7.11 Å². The molecule has 1 aromatic rings. The Morgan fingerprint density at radius 2 is 2.30 bits per heavy atom. The van der Waals surface area contributed by atoms with Crippen molar-refractivity contribution in [1.82, 2.24) is 0 Å². The van der Waals surface area contributed by atoms with Crippen molar-refractivity contribution in [3.63, 3.8) is 0 Å². The molecule has 3 atom stereocenters. The third-order valence-corrected chi connectivity index (χ3v) is 4.21. The minimum absolute atomic E-state index is 0.145. The molecule has 1 aliphatic heterocycles. The normalized spacial score (nSPS) is 27.4. The Morgan fingerprint density at radius 3 is 3.00 bits per heavy atom. The summed E-state index contributed by atoms with van der Waals surface area (Å²) in [5, 5.41) is 8.98. The molecule has 0 amide bonds. The van der Waals surface area contributed by atoms with Gasteiger partial charge in [-0.3, -0.25) is 9.59 Å². The molecular weight excluding hydrogens is 260 g/mol. The SMILES string of the molecule is COc1ccc2c(c1)CCC1OC(=O)C(CC(=O)O)C21. The summed E-state index contributed by atoms with van der Waals surface area (Å²) in [4.78, 5) is 22.9. The summed E-state index contributed by atoms with van der Waals surface area (Å²) in [5.41, 5.74) is 2.15. The van der Waals surface area contributed by atoms with Crippen LogP contribution in [0.15, 0.2) is 18.2 Å². The predicted octanol–water partition coefficient (Wildman–Crippen LogP) is 1.74. The maximum absolute atomic E-state index is 11.9. The third-order valence-electron chi connectivity index (χ3n) is 4.21. The highest BCUT2D eigenvalue weighted by Gasteiger charge is 2.48. The number of fused-ring (bicyclic) bond motifs is 3. The highest BCUT2D eigenvalue weighted by molar-refractivity contribution is 5.82. The molecule has 1 saturated heterocycles. The Morgan fingerprint density at radius 1 is 1.50 bits per heavy atom. The molecule has 20 heavy (non-hydrogen) atoms. The van der Waals surface area contributed by atoms with Gasteiger partial charge in [-0.2, -0.15) is 0 Å². The van der Waals surface area contributed by atoms with Crippen molar-refractivity contribution >= 4 is 11.9 Å². The Hall–Kier alpha value is -2.04. The number of methoxy groups -OCH3 is 1. The molecule has 5 heteroatoms.